The third-order valence-corrected chi connectivity index (χ3v) is 11.1. The van der Waals surface area contributed by atoms with Crippen LogP contribution < -0.4 is 0 Å². The molecule has 0 bridgehead atoms. The molecule has 3 saturated carbocycles. The number of halogens is 2. The van der Waals surface area contributed by atoms with E-state index >= 15 is 0 Å². The van der Waals surface area contributed by atoms with Crippen LogP contribution in [0, 0.1) is 23.2 Å². The number of fused-ring (bicyclic) bond motifs is 5. The Bertz CT molecular complexity index is 676. The number of allylic oxidation sites excluding steroid dienone is 1. The second-order valence-corrected chi connectivity index (χ2v) is 12.2. The largest absolute Gasteiger partial charge is 0.479 e. The van der Waals surface area contributed by atoms with Crippen molar-refractivity contribution in [1.29, 1.82) is 0 Å². The predicted molar refractivity (Wildman–Crippen MR) is 111 cm³/mol. The number of carboxylic acid groups (broad SMARTS) is 1. The van der Waals surface area contributed by atoms with Crippen molar-refractivity contribution in [2.75, 3.05) is 0 Å². The zero-order chi connectivity index (χ0) is 18.2. The van der Waals surface area contributed by atoms with Crippen molar-refractivity contribution in [2.45, 2.75) is 64.8 Å². The highest BCUT2D eigenvalue weighted by atomic mass is 127. The van der Waals surface area contributed by atoms with E-state index in [1.54, 1.807) is 0 Å². The molecule has 4 nitrogen and oxygen atoms in total. The summed E-state index contributed by atoms with van der Waals surface area (Å²) in [6, 6.07) is 0. The summed E-state index contributed by atoms with van der Waals surface area (Å²) in [6.07, 6.45) is 7.31. The minimum Gasteiger partial charge on any atom is -0.479 e. The van der Waals surface area contributed by atoms with Crippen molar-refractivity contribution < 1.29 is 19.8 Å². The van der Waals surface area contributed by atoms with Gasteiger partial charge < -0.3 is 10.2 Å². The molecule has 4 rings (SSSR count). The highest BCUT2D eigenvalue weighted by Crippen LogP contribution is 2.68. The van der Waals surface area contributed by atoms with Gasteiger partial charge in [0.25, 0.3) is 0 Å². The molecule has 25 heavy (non-hydrogen) atoms. The summed E-state index contributed by atoms with van der Waals surface area (Å²) < 4.78 is -0.257. The van der Waals surface area contributed by atoms with Crippen molar-refractivity contribution in [3.8, 4) is 0 Å². The molecule has 0 radical (unpaired) electrons. The summed E-state index contributed by atoms with van der Waals surface area (Å²) in [6.45, 7) is 2.33. The van der Waals surface area contributed by atoms with Crippen LogP contribution in [-0.2, 0) is 9.59 Å². The normalized spacial score (nSPS) is 52.0. The van der Waals surface area contributed by atoms with Gasteiger partial charge >= 0.3 is 5.97 Å². The Labute approximate surface area is 175 Å². The maximum absolute atomic E-state index is 11.9. The number of carboxylic acids is 1. The van der Waals surface area contributed by atoms with E-state index in [0.29, 0.717) is 28.6 Å². The van der Waals surface area contributed by atoms with Crippen LogP contribution in [-0.4, -0.2) is 34.9 Å². The molecule has 0 aromatic carbocycles. The first-order valence-corrected chi connectivity index (χ1v) is 11.5. The van der Waals surface area contributed by atoms with Crippen molar-refractivity contribution in [3.05, 3.63) is 11.6 Å². The molecule has 0 aliphatic heterocycles. The molecule has 4 aliphatic carbocycles. The fraction of sp³-hybridized carbons (Fsp3) is 0.789. The molecule has 2 N–H and O–H groups in total. The monoisotopic (exact) mass is 570 g/mol. The summed E-state index contributed by atoms with van der Waals surface area (Å²) in [5.74, 6) is 0.371. The van der Waals surface area contributed by atoms with Crippen molar-refractivity contribution in [3.63, 3.8) is 0 Å². The van der Waals surface area contributed by atoms with E-state index in [1.807, 2.05) is 6.08 Å². The first-order valence-electron chi connectivity index (χ1n) is 9.16. The molecule has 6 heteroatoms. The van der Waals surface area contributed by atoms with E-state index < -0.39 is 15.0 Å². The van der Waals surface area contributed by atoms with Gasteiger partial charge in [-0.15, -0.1) is 0 Å². The maximum Gasteiger partial charge on any atom is 0.337 e. The number of carbonyl (C=O) groups excluding carboxylic acids is 1. The Morgan fingerprint density at radius 3 is 2.68 bits per heavy atom. The van der Waals surface area contributed by atoms with Gasteiger partial charge in [0, 0.05) is 10.3 Å². The van der Waals surface area contributed by atoms with Gasteiger partial charge in [0.15, 0.2) is 11.4 Å². The molecule has 7 atom stereocenters. The van der Waals surface area contributed by atoms with Gasteiger partial charge in [-0.3, -0.25) is 4.79 Å². The number of alkyl halides is 2. The SMILES string of the molecule is C[C@]12CCC(=O)C=C1CC[C@@H]1[C@@H]2[C@@H](I)C[C@@]2(I)[C@H]1CC[C@]2(O)C(=O)O. The molecular weight excluding hydrogens is 546 g/mol. The van der Waals surface area contributed by atoms with E-state index in [0.717, 1.165) is 32.1 Å². The quantitative estimate of drug-likeness (QED) is 0.371. The van der Waals surface area contributed by atoms with Crippen LogP contribution >= 0.6 is 45.2 Å². The molecule has 4 aliphatic rings. The minimum atomic E-state index is -1.60. The van der Waals surface area contributed by atoms with Crippen molar-refractivity contribution in [2.24, 2.45) is 23.2 Å². The lowest BCUT2D eigenvalue weighted by Gasteiger charge is -2.59. The van der Waals surface area contributed by atoms with E-state index in [9.17, 15) is 19.8 Å². The number of hydrogen-bond acceptors (Lipinski definition) is 3. The van der Waals surface area contributed by atoms with Gasteiger partial charge in [0.2, 0.25) is 0 Å². The topological polar surface area (TPSA) is 74.6 Å². The number of hydrogen-bond donors (Lipinski definition) is 2. The fourth-order valence-corrected chi connectivity index (χ4v) is 11.1. The van der Waals surface area contributed by atoms with E-state index in [4.69, 9.17) is 0 Å². The van der Waals surface area contributed by atoms with Crippen LogP contribution in [0.15, 0.2) is 11.6 Å². The van der Waals surface area contributed by atoms with Gasteiger partial charge in [-0.2, -0.15) is 0 Å². The Balaban J connectivity index is 1.75. The summed E-state index contributed by atoms with van der Waals surface area (Å²) in [5, 5.41) is 20.7. The second kappa shape index (κ2) is 5.90. The highest BCUT2D eigenvalue weighted by molar-refractivity contribution is 14.1. The molecule has 3 fully saturated rings. The van der Waals surface area contributed by atoms with E-state index in [-0.39, 0.29) is 17.1 Å². The Hall–Kier alpha value is 0.300. The van der Waals surface area contributed by atoms with Crippen LogP contribution in [0.4, 0.5) is 0 Å². The number of aliphatic carboxylic acids is 1. The van der Waals surface area contributed by atoms with Gasteiger partial charge in [0.05, 0.1) is 3.42 Å². The smallest absolute Gasteiger partial charge is 0.337 e. The van der Waals surface area contributed by atoms with Gasteiger partial charge in [-0.05, 0) is 67.8 Å². The standard InChI is InChI=1S/C19H24I2O4/c1-17-6-4-11(22)8-10(17)2-3-12-13-5-7-19(25,16(23)24)18(13,21)9-14(20)15(12)17/h8,12-15,25H,2-7,9H2,1H3,(H,23,24)/t12-,13-,14-,15+,17-,18+,19-/m0/s1. The molecule has 0 aromatic rings. The summed E-state index contributed by atoms with van der Waals surface area (Å²) in [5.41, 5.74) is -0.226. The Morgan fingerprint density at radius 2 is 2.00 bits per heavy atom. The lowest BCUT2D eigenvalue weighted by atomic mass is 9.49. The first kappa shape index (κ1) is 18.7. The van der Waals surface area contributed by atoms with Gasteiger partial charge in [-0.25, -0.2) is 4.79 Å². The van der Waals surface area contributed by atoms with E-state index in [2.05, 4.69) is 52.1 Å². The minimum absolute atomic E-state index is 0.0601. The fourth-order valence-electron chi connectivity index (χ4n) is 6.48. The third kappa shape index (κ3) is 2.38. The van der Waals surface area contributed by atoms with Gasteiger partial charge in [-0.1, -0.05) is 57.7 Å². The van der Waals surface area contributed by atoms with Crippen molar-refractivity contribution in [1.82, 2.24) is 0 Å². The van der Waals surface area contributed by atoms with E-state index in [1.165, 1.54) is 5.57 Å². The molecule has 0 amide bonds. The zero-order valence-corrected chi connectivity index (χ0v) is 18.6. The lowest BCUT2D eigenvalue weighted by molar-refractivity contribution is -0.162. The number of rotatable bonds is 1. The van der Waals surface area contributed by atoms with Crippen LogP contribution in [0.3, 0.4) is 0 Å². The average Bonchev–Trinajstić information content (AvgIpc) is 2.80. The molecule has 0 spiro atoms. The molecular formula is C19H24I2O4. The second-order valence-electron chi connectivity index (χ2n) is 8.67. The lowest BCUT2D eigenvalue weighted by Crippen LogP contribution is -2.62. The summed E-state index contributed by atoms with van der Waals surface area (Å²) >= 11 is 4.79. The summed E-state index contributed by atoms with van der Waals surface area (Å²) in [4.78, 5) is 23.8. The van der Waals surface area contributed by atoms with Gasteiger partial charge in [0.1, 0.15) is 0 Å². The average molecular weight is 570 g/mol. The third-order valence-electron chi connectivity index (χ3n) is 7.75. The van der Waals surface area contributed by atoms with Crippen molar-refractivity contribution >= 4 is 56.9 Å². The number of carbonyl (C=O) groups is 2. The molecule has 0 saturated heterocycles. The molecule has 0 aromatic heterocycles. The Kier molecular flexibility index (Phi) is 4.40. The zero-order valence-electron chi connectivity index (χ0n) is 14.3. The maximum atomic E-state index is 11.9. The number of aliphatic hydroxyl groups is 1. The van der Waals surface area contributed by atoms with Crippen LogP contribution in [0.25, 0.3) is 0 Å². The summed E-state index contributed by atoms with van der Waals surface area (Å²) in [7, 11) is 0. The molecule has 138 valence electrons. The molecule has 0 heterocycles. The Morgan fingerprint density at radius 1 is 1.28 bits per heavy atom. The highest BCUT2D eigenvalue weighted by Gasteiger charge is 2.69. The number of ketones is 1. The van der Waals surface area contributed by atoms with Crippen LogP contribution in [0.2, 0.25) is 0 Å². The van der Waals surface area contributed by atoms with Crippen LogP contribution in [0.5, 0.6) is 0 Å². The first-order chi connectivity index (χ1) is 11.6. The molecule has 0 unspecified atom stereocenters. The predicted octanol–water partition coefficient (Wildman–Crippen LogP) is 3.92. The van der Waals surface area contributed by atoms with Crippen LogP contribution in [0.1, 0.15) is 51.9 Å².